The van der Waals surface area contributed by atoms with Crippen LogP contribution >= 0.6 is 11.8 Å². The first-order valence-corrected chi connectivity index (χ1v) is 6.52. The lowest BCUT2D eigenvalue weighted by Gasteiger charge is -2.09. The second-order valence-electron chi connectivity index (χ2n) is 3.85. The fourth-order valence-corrected chi connectivity index (χ4v) is 2.01. The number of nitrogens with zero attached hydrogens (tertiary/aromatic N) is 3. The van der Waals surface area contributed by atoms with Crippen molar-refractivity contribution in [3.63, 3.8) is 0 Å². The summed E-state index contributed by atoms with van der Waals surface area (Å²) in [7, 11) is 1.52. The number of likely N-dealkylation sites (N-methyl/N-ethyl adjacent to an activating group) is 1. The lowest BCUT2D eigenvalue weighted by Crippen LogP contribution is -2.36. The highest BCUT2D eigenvalue weighted by molar-refractivity contribution is 7.99. The van der Waals surface area contributed by atoms with Gasteiger partial charge in [0.25, 0.3) is 0 Å². The van der Waals surface area contributed by atoms with Crippen LogP contribution in [0.15, 0.2) is 11.5 Å². The largest absolute Gasteiger partial charge is 0.358 e. The van der Waals surface area contributed by atoms with E-state index < -0.39 is 0 Å². The molecule has 1 rings (SSSR count). The predicted molar refractivity (Wildman–Crippen MR) is 68.2 cm³/mol. The van der Waals surface area contributed by atoms with Gasteiger partial charge in [0.15, 0.2) is 5.16 Å². The second kappa shape index (κ2) is 7.00. The zero-order valence-electron chi connectivity index (χ0n) is 10.6. The van der Waals surface area contributed by atoms with Crippen molar-refractivity contribution in [1.29, 1.82) is 0 Å². The van der Waals surface area contributed by atoms with Crippen LogP contribution in [-0.4, -0.2) is 45.9 Å². The number of rotatable bonds is 6. The van der Waals surface area contributed by atoms with Crippen LogP contribution in [0.25, 0.3) is 0 Å². The monoisotopic (exact) mass is 271 g/mol. The predicted octanol–water partition coefficient (Wildman–Crippen LogP) is -0.187. The van der Waals surface area contributed by atoms with Crippen molar-refractivity contribution >= 4 is 23.6 Å². The zero-order valence-corrected chi connectivity index (χ0v) is 11.5. The molecule has 2 N–H and O–H groups in total. The first kappa shape index (κ1) is 14.5. The topological polar surface area (TPSA) is 88.9 Å². The van der Waals surface area contributed by atoms with Crippen LogP contribution in [-0.2, 0) is 9.59 Å². The average Bonchev–Trinajstić information content (AvgIpc) is 2.81. The standard InChI is InChI=1S/C10H17N5O2S/c1-7(2)15-6-13-14-10(15)18-5-9(17)12-4-8(16)11-3/h6-7H,4-5H2,1-3H3,(H,11,16)(H,12,17). The van der Waals surface area contributed by atoms with Gasteiger partial charge in [-0.3, -0.25) is 9.59 Å². The molecular weight excluding hydrogens is 254 g/mol. The molecule has 0 saturated heterocycles. The van der Waals surface area contributed by atoms with E-state index in [-0.39, 0.29) is 30.2 Å². The highest BCUT2D eigenvalue weighted by atomic mass is 32.2. The van der Waals surface area contributed by atoms with Crippen LogP contribution in [0.2, 0.25) is 0 Å². The Kier molecular flexibility index (Phi) is 5.63. The minimum absolute atomic E-state index is 0.00718. The smallest absolute Gasteiger partial charge is 0.239 e. The molecule has 0 aliphatic rings. The van der Waals surface area contributed by atoms with Gasteiger partial charge < -0.3 is 15.2 Å². The Morgan fingerprint density at radius 3 is 2.78 bits per heavy atom. The summed E-state index contributed by atoms with van der Waals surface area (Å²) in [4.78, 5) is 22.4. The van der Waals surface area contributed by atoms with Gasteiger partial charge >= 0.3 is 0 Å². The van der Waals surface area contributed by atoms with E-state index in [1.54, 1.807) is 6.33 Å². The van der Waals surface area contributed by atoms with Crippen LogP contribution in [0.5, 0.6) is 0 Å². The molecule has 7 nitrogen and oxygen atoms in total. The van der Waals surface area contributed by atoms with Crippen molar-refractivity contribution in [3.8, 4) is 0 Å². The van der Waals surface area contributed by atoms with Crippen molar-refractivity contribution in [2.45, 2.75) is 25.0 Å². The molecule has 0 radical (unpaired) electrons. The fraction of sp³-hybridized carbons (Fsp3) is 0.600. The molecule has 2 amide bonds. The van der Waals surface area contributed by atoms with E-state index >= 15 is 0 Å². The van der Waals surface area contributed by atoms with Crippen LogP contribution in [0.1, 0.15) is 19.9 Å². The molecule has 18 heavy (non-hydrogen) atoms. The molecule has 0 fully saturated rings. The fourth-order valence-electron chi connectivity index (χ4n) is 1.14. The molecule has 0 saturated carbocycles. The Morgan fingerprint density at radius 2 is 2.17 bits per heavy atom. The number of thioether (sulfide) groups is 1. The minimum Gasteiger partial charge on any atom is -0.358 e. The number of aromatic nitrogens is 3. The molecule has 1 aromatic heterocycles. The van der Waals surface area contributed by atoms with Crippen LogP contribution in [0.4, 0.5) is 0 Å². The quantitative estimate of drug-likeness (QED) is 0.700. The second-order valence-corrected chi connectivity index (χ2v) is 4.80. The molecule has 0 aliphatic heterocycles. The van der Waals surface area contributed by atoms with Crippen LogP contribution in [0.3, 0.4) is 0 Å². The van der Waals surface area contributed by atoms with Crippen molar-refractivity contribution in [1.82, 2.24) is 25.4 Å². The van der Waals surface area contributed by atoms with Crippen LogP contribution < -0.4 is 10.6 Å². The van der Waals surface area contributed by atoms with E-state index in [2.05, 4.69) is 20.8 Å². The first-order chi connectivity index (χ1) is 8.54. The van der Waals surface area contributed by atoms with Gasteiger partial charge in [-0.2, -0.15) is 0 Å². The molecule has 0 bridgehead atoms. The third kappa shape index (κ3) is 4.36. The van der Waals surface area contributed by atoms with Gasteiger partial charge in [-0.05, 0) is 13.8 Å². The molecule has 1 aromatic rings. The lowest BCUT2D eigenvalue weighted by molar-refractivity contribution is -0.124. The van der Waals surface area contributed by atoms with Gasteiger partial charge in [-0.15, -0.1) is 10.2 Å². The minimum atomic E-state index is -0.223. The Hall–Kier alpha value is -1.57. The SMILES string of the molecule is CNC(=O)CNC(=O)CSc1nncn1C(C)C. The van der Waals surface area contributed by atoms with Gasteiger partial charge in [-0.25, -0.2) is 0 Å². The Bertz CT molecular complexity index is 418. The molecule has 100 valence electrons. The van der Waals surface area contributed by atoms with E-state index in [4.69, 9.17) is 0 Å². The summed E-state index contributed by atoms with van der Waals surface area (Å²) in [5.74, 6) is -0.219. The van der Waals surface area contributed by atoms with Gasteiger partial charge in [0, 0.05) is 13.1 Å². The summed E-state index contributed by atoms with van der Waals surface area (Å²) in [5, 5.41) is 13.4. The third-order valence-corrected chi connectivity index (χ3v) is 3.11. The Balaban J connectivity index is 2.38. The summed E-state index contributed by atoms with van der Waals surface area (Å²) in [6.07, 6.45) is 1.63. The maximum absolute atomic E-state index is 11.5. The van der Waals surface area contributed by atoms with E-state index in [0.717, 1.165) is 0 Å². The molecule has 0 spiro atoms. The van der Waals surface area contributed by atoms with E-state index in [0.29, 0.717) is 5.16 Å². The van der Waals surface area contributed by atoms with Gasteiger partial charge in [0.05, 0.1) is 12.3 Å². The normalized spacial score (nSPS) is 10.4. The van der Waals surface area contributed by atoms with Gasteiger partial charge in [0.1, 0.15) is 6.33 Å². The van der Waals surface area contributed by atoms with Crippen LogP contribution in [0, 0.1) is 0 Å². The summed E-state index contributed by atoms with van der Waals surface area (Å²) in [6.45, 7) is 4.02. The first-order valence-electron chi connectivity index (χ1n) is 5.54. The van der Waals surface area contributed by atoms with E-state index in [1.165, 1.54) is 18.8 Å². The number of amides is 2. The summed E-state index contributed by atoms with van der Waals surface area (Å²) >= 11 is 1.30. The highest BCUT2D eigenvalue weighted by Gasteiger charge is 2.10. The summed E-state index contributed by atoms with van der Waals surface area (Å²) in [5.41, 5.74) is 0. The lowest BCUT2D eigenvalue weighted by atomic mass is 10.4. The van der Waals surface area contributed by atoms with Crippen molar-refractivity contribution < 1.29 is 9.59 Å². The van der Waals surface area contributed by atoms with E-state index in [9.17, 15) is 9.59 Å². The number of hydrogen-bond donors (Lipinski definition) is 2. The molecule has 0 aromatic carbocycles. The maximum atomic E-state index is 11.5. The number of carbonyl (C=O) groups is 2. The Morgan fingerprint density at radius 1 is 1.44 bits per heavy atom. The third-order valence-electron chi connectivity index (χ3n) is 2.15. The molecule has 0 aliphatic carbocycles. The number of hydrogen-bond acceptors (Lipinski definition) is 5. The average molecular weight is 271 g/mol. The van der Waals surface area contributed by atoms with Gasteiger partial charge in [0.2, 0.25) is 11.8 Å². The van der Waals surface area contributed by atoms with E-state index in [1.807, 2.05) is 18.4 Å². The van der Waals surface area contributed by atoms with Crippen molar-refractivity contribution in [3.05, 3.63) is 6.33 Å². The maximum Gasteiger partial charge on any atom is 0.239 e. The zero-order chi connectivity index (χ0) is 13.5. The highest BCUT2D eigenvalue weighted by Crippen LogP contribution is 2.18. The van der Waals surface area contributed by atoms with Crippen molar-refractivity contribution in [2.75, 3.05) is 19.3 Å². The molecule has 0 atom stereocenters. The Labute approximate surface area is 110 Å². The molecule has 0 unspecified atom stereocenters. The number of carbonyl (C=O) groups excluding carboxylic acids is 2. The summed E-state index contributed by atoms with van der Waals surface area (Å²) < 4.78 is 1.89. The molecule has 1 heterocycles. The summed E-state index contributed by atoms with van der Waals surface area (Å²) in [6, 6.07) is 0.247. The number of nitrogens with one attached hydrogen (secondary N) is 2. The van der Waals surface area contributed by atoms with Crippen molar-refractivity contribution in [2.24, 2.45) is 0 Å². The van der Waals surface area contributed by atoms with Gasteiger partial charge in [-0.1, -0.05) is 11.8 Å². The molecule has 8 heteroatoms. The molecular formula is C10H17N5O2S.